The number of aromatic nitrogens is 1. The van der Waals surface area contributed by atoms with Crippen LogP contribution in [0.15, 0.2) is 23.0 Å². The highest BCUT2D eigenvalue weighted by molar-refractivity contribution is 5.96. The fourth-order valence-electron chi connectivity index (χ4n) is 3.09. The molecule has 6 nitrogen and oxygen atoms in total. The van der Waals surface area contributed by atoms with Crippen molar-refractivity contribution in [3.63, 3.8) is 0 Å². The van der Waals surface area contributed by atoms with Crippen LogP contribution in [0.25, 0.3) is 10.8 Å². The van der Waals surface area contributed by atoms with Crippen molar-refractivity contribution >= 4 is 22.7 Å². The summed E-state index contributed by atoms with van der Waals surface area (Å²) in [7, 11) is 1.24. The van der Waals surface area contributed by atoms with Crippen molar-refractivity contribution in [2.24, 2.45) is 5.41 Å². The average Bonchev–Trinajstić information content (AvgIpc) is 2.62. The van der Waals surface area contributed by atoms with Crippen molar-refractivity contribution in [2.45, 2.75) is 53.3 Å². The minimum absolute atomic E-state index is 0.0429. The molecule has 0 aliphatic rings. The second kappa shape index (κ2) is 8.57. The number of anilines is 1. The van der Waals surface area contributed by atoms with Crippen LogP contribution in [0.4, 0.5) is 23.8 Å². The van der Waals surface area contributed by atoms with Crippen LogP contribution in [0, 0.1) is 5.41 Å². The van der Waals surface area contributed by atoms with E-state index in [1.807, 2.05) is 27.7 Å². The second-order valence-corrected chi connectivity index (χ2v) is 8.41. The molecule has 0 bridgehead atoms. The van der Waals surface area contributed by atoms with Gasteiger partial charge in [-0.1, -0.05) is 34.1 Å². The highest BCUT2D eigenvalue weighted by Crippen LogP contribution is 2.39. The van der Waals surface area contributed by atoms with Crippen molar-refractivity contribution in [1.82, 2.24) is 4.57 Å². The van der Waals surface area contributed by atoms with Gasteiger partial charge in [0.05, 0.1) is 17.6 Å². The molecule has 9 heteroatoms. The molecular weight excluding hydrogens is 401 g/mol. The first kappa shape index (κ1) is 23.6. The van der Waals surface area contributed by atoms with Crippen molar-refractivity contribution in [2.75, 3.05) is 18.6 Å². The van der Waals surface area contributed by atoms with Crippen LogP contribution in [0.3, 0.4) is 0 Å². The summed E-state index contributed by atoms with van der Waals surface area (Å²) in [4.78, 5) is 25.8. The predicted octanol–water partition coefficient (Wildman–Crippen LogP) is 5.36. The molecule has 1 aromatic carbocycles. The molecular formula is C21H27F3N2O4. The Hall–Kier alpha value is -2.71. The zero-order chi connectivity index (χ0) is 22.9. The van der Waals surface area contributed by atoms with Gasteiger partial charge in [-0.3, -0.25) is 14.3 Å². The molecule has 2 aromatic rings. The van der Waals surface area contributed by atoms with E-state index in [0.29, 0.717) is 6.42 Å². The molecule has 2 rings (SSSR count). The fourth-order valence-corrected chi connectivity index (χ4v) is 3.09. The summed E-state index contributed by atoms with van der Waals surface area (Å²) in [5.74, 6) is -0.122. The lowest BCUT2D eigenvalue weighted by Crippen LogP contribution is -2.35. The minimum Gasteiger partial charge on any atom is -0.489 e. The molecule has 0 spiro atoms. The van der Waals surface area contributed by atoms with Gasteiger partial charge in [-0.05, 0) is 30.0 Å². The van der Waals surface area contributed by atoms with Gasteiger partial charge in [0.25, 0.3) is 5.56 Å². The molecule has 30 heavy (non-hydrogen) atoms. The number of carboxylic acid groups (broad SMARTS) is 1. The molecule has 1 heterocycles. The lowest BCUT2D eigenvalue weighted by molar-refractivity contribution is -0.137. The number of carbonyl (C=O) groups is 1. The topological polar surface area (TPSA) is 71.8 Å². The second-order valence-electron chi connectivity index (χ2n) is 8.41. The third kappa shape index (κ3) is 5.06. The quantitative estimate of drug-likeness (QED) is 0.629. The maximum Gasteiger partial charge on any atom is 0.416 e. The van der Waals surface area contributed by atoms with Crippen LogP contribution in [-0.4, -0.2) is 29.4 Å². The first-order valence-electron chi connectivity index (χ1n) is 9.65. The van der Waals surface area contributed by atoms with Gasteiger partial charge in [0, 0.05) is 19.0 Å². The fraction of sp³-hybridized carbons (Fsp3) is 0.524. The molecule has 0 atom stereocenters. The third-order valence-electron chi connectivity index (χ3n) is 4.51. The molecule has 1 amide bonds. The van der Waals surface area contributed by atoms with E-state index < -0.39 is 28.8 Å². The lowest BCUT2D eigenvalue weighted by Gasteiger charge is -2.28. The number of hydrogen-bond acceptors (Lipinski definition) is 3. The summed E-state index contributed by atoms with van der Waals surface area (Å²) in [6, 6.07) is 2.82. The number of ether oxygens (including phenoxy) is 1. The number of nitrogens with zero attached hydrogens (tertiary/aromatic N) is 2. The molecule has 0 unspecified atom stereocenters. The first-order chi connectivity index (χ1) is 13.8. The highest BCUT2D eigenvalue weighted by atomic mass is 19.4. The third-order valence-corrected chi connectivity index (χ3v) is 4.51. The Morgan fingerprint density at radius 1 is 1.20 bits per heavy atom. The van der Waals surface area contributed by atoms with Crippen LogP contribution < -0.4 is 15.2 Å². The van der Waals surface area contributed by atoms with E-state index in [4.69, 9.17) is 4.74 Å². The standard InChI is InChI=1S/C21H27F3N2O4/c1-6-7-10-30-16-15-11-13(21(22,23)24)8-9-14(15)18(27)26(12-20(2,3)4)17(16)25(5)19(28)29/h8-9,11H,6-7,10,12H2,1-5H3,(H,28,29). The number of unbranched alkanes of at least 4 members (excludes halogenated alkanes) is 1. The molecule has 1 aromatic heterocycles. The van der Waals surface area contributed by atoms with Gasteiger partial charge in [0.2, 0.25) is 0 Å². The monoisotopic (exact) mass is 428 g/mol. The number of halogens is 3. The van der Waals surface area contributed by atoms with Gasteiger partial charge in [0.15, 0.2) is 11.6 Å². The van der Waals surface area contributed by atoms with E-state index in [-0.39, 0.29) is 35.5 Å². The Balaban J connectivity index is 2.96. The SMILES string of the molecule is CCCCOc1c(N(C)C(=O)O)n(CC(C)(C)C)c(=O)c2ccc(C(F)(F)F)cc12. The smallest absolute Gasteiger partial charge is 0.416 e. The number of fused-ring (bicyclic) bond motifs is 1. The molecule has 0 saturated carbocycles. The number of hydrogen-bond donors (Lipinski definition) is 1. The largest absolute Gasteiger partial charge is 0.489 e. The normalized spacial score (nSPS) is 12.3. The molecule has 0 radical (unpaired) electrons. The Labute approximate surface area is 172 Å². The van der Waals surface area contributed by atoms with Crippen molar-refractivity contribution in [3.05, 3.63) is 34.1 Å². The average molecular weight is 428 g/mol. The van der Waals surface area contributed by atoms with E-state index in [1.165, 1.54) is 11.6 Å². The van der Waals surface area contributed by atoms with Gasteiger partial charge in [-0.15, -0.1) is 0 Å². The molecule has 0 aliphatic heterocycles. The summed E-state index contributed by atoms with van der Waals surface area (Å²) >= 11 is 0. The molecule has 1 N–H and O–H groups in total. The van der Waals surface area contributed by atoms with E-state index in [1.54, 1.807) is 0 Å². The highest BCUT2D eigenvalue weighted by Gasteiger charge is 2.33. The molecule has 166 valence electrons. The zero-order valence-corrected chi connectivity index (χ0v) is 17.8. The van der Waals surface area contributed by atoms with Crippen LogP contribution >= 0.6 is 0 Å². The van der Waals surface area contributed by atoms with Crippen molar-refractivity contribution < 1.29 is 27.8 Å². The zero-order valence-electron chi connectivity index (χ0n) is 17.8. The maximum atomic E-state index is 13.3. The minimum atomic E-state index is -4.62. The number of benzene rings is 1. The molecule has 0 fully saturated rings. The Kier molecular flexibility index (Phi) is 6.73. The summed E-state index contributed by atoms with van der Waals surface area (Å²) in [5.41, 5.74) is -1.91. The number of alkyl halides is 3. The Morgan fingerprint density at radius 3 is 2.33 bits per heavy atom. The van der Waals surface area contributed by atoms with E-state index in [2.05, 4.69) is 0 Å². The van der Waals surface area contributed by atoms with E-state index in [0.717, 1.165) is 29.5 Å². The molecule has 0 saturated heterocycles. The summed E-state index contributed by atoms with van der Waals surface area (Å²) < 4.78 is 47.0. The van der Waals surface area contributed by atoms with Crippen molar-refractivity contribution in [1.29, 1.82) is 0 Å². The van der Waals surface area contributed by atoms with Gasteiger partial charge in [-0.2, -0.15) is 13.2 Å². The Bertz CT molecular complexity index is 991. The van der Waals surface area contributed by atoms with Crippen LogP contribution in [0.2, 0.25) is 0 Å². The summed E-state index contributed by atoms with van der Waals surface area (Å²) in [6.07, 6.45) is -4.58. The Morgan fingerprint density at radius 2 is 1.83 bits per heavy atom. The van der Waals surface area contributed by atoms with Crippen LogP contribution in [-0.2, 0) is 12.7 Å². The number of pyridine rings is 1. The maximum absolute atomic E-state index is 13.3. The van der Waals surface area contributed by atoms with Gasteiger partial charge in [-0.25, -0.2) is 4.79 Å². The van der Waals surface area contributed by atoms with E-state index >= 15 is 0 Å². The number of amides is 1. The van der Waals surface area contributed by atoms with Gasteiger partial charge in [0.1, 0.15) is 0 Å². The number of rotatable bonds is 6. The van der Waals surface area contributed by atoms with Crippen molar-refractivity contribution in [3.8, 4) is 5.75 Å². The van der Waals surface area contributed by atoms with Gasteiger partial charge < -0.3 is 9.84 Å². The summed E-state index contributed by atoms with van der Waals surface area (Å²) in [6.45, 7) is 7.87. The summed E-state index contributed by atoms with van der Waals surface area (Å²) in [5, 5.41) is 9.56. The lowest BCUT2D eigenvalue weighted by atomic mass is 9.96. The van der Waals surface area contributed by atoms with Crippen LogP contribution in [0.5, 0.6) is 5.75 Å². The predicted molar refractivity (Wildman–Crippen MR) is 109 cm³/mol. The molecule has 0 aliphatic carbocycles. The first-order valence-corrected chi connectivity index (χ1v) is 9.65. The van der Waals surface area contributed by atoms with Crippen LogP contribution in [0.1, 0.15) is 46.1 Å². The van der Waals surface area contributed by atoms with E-state index in [9.17, 15) is 27.9 Å². The van der Waals surface area contributed by atoms with Gasteiger partial charge >= 0.3 is 12.3 Å².